The van der Waals surface area contributed by atoms with Gasteiger partial charge in [0.15, 0.2) is 11.5 Å². The van der Waals surface area contributed by atoms with E-state index in [0.717, 1.165) is 39.9 Å². The number of hydrogen-bond donors (Lipinski definition) is 1. The van der Waals surface area contributed by atoms with E-state index in [-0.39, 0.29) is 6.61 Å². The highest BCUT2D eigenvalue weighted by atomic mass is 16.5. The van der Waals surface area contributed by atoms with Crippen LogP contribution in [0.1, 0.15) is 23.7 Å². The molecule has 0 aliphatic rings. The van der Waals surface area contributed by atoms with Gasteiger partial charge in [0.25, 0.3) is 0 Å². The van der Waals surface area contributed by atoms with Crippen molar-refractivity contribution < 1.29 is 9.84 Å². The highest BCUT2D eigenvalue weighted by Gasteiger charge is 2.11. The summed E-state index contributed by atoms with van der Waals surface area (Å²) in [6.45, 7) is 4.02. The second-order valence-corrected chi connectivity index (χ2v) is 6.94. The second kappa shape index (κ2) is 7.97. The molecule has 0 saturated heterocycles. The molecule has 2 heterocycles. The summed E-state index contributed by atoms with van der Waals surface area (Å²) in [6.07, 6.45) is 0.966. The van der Waals surface area contributed by atoms with Crippen molar-refractivity contribution in [1.82, 2.24) is 15.0 Å². The lowest BCUT2D eigenvalue weighted by Crippen LogP contribution is -1.98. The molecule has 0 fully saturated rings. The van der Waals surface area contributed by atoms with Crippen LogP contribution >= 0.6 is 0 Å². The van der Waals surface area contributed by atoms with Crippen LogP contribution in [0.4, 0.5) is 0 Å². The first-order valence-corrected chi connectivity index (χ1v) is 9.65. The molecule has 0 radical (unpaired) electrons. The van der Waals surface area contributed by atoms with E-state index in [1.165, 1.54) is 5.56 Å². The van der Waals surface area contributed by atoms with Crippen molar-refractivity contribution >= 4 is 11.0 Å². The van der Waals surface area contributed by atoms with Crippen LogP contribution in [0.2, 0.25) is 0 Å². The lowest BCUT2D eigenvalue weighted by atomic mass is 10.1. The van der Waals surface area contributed by atoms with Crippen molar-refractivity contribution in [1.29, 1.82) is 0 Å². The molecular weight excluding hydrogens is 362 g/mol. The summed E-state index contributed by atoms with van der Waals surface area (Å²) in [5.74, 6) is 1.34. The quantitative estimate of drug-likeness (QED) is 0.538. The smallest absolute Gasteiger partial charge is 0.164 e. The van der Waals surface area contributed by atoms with E-state index in [4.69, 9.17) is 19.7 Å². The van der Waals surface area contributed by atoms with Crippen LogP contribution in [0, 0.1) is 6.92 Å². The molecule has 0 saturated carbocycles. The Kier molecular flexibility index (Phi) is 5.23. The van der Waals surface area contributed by atoms with E-state index in [0.29, 0.717) is 17.2 Å². The Hall–Kier alpha value is -3.31. The Morgan fingerprint density at radius 2 is 1.79 bits per heavy atom. The van der Waals surface area contributed by atoms with Crippen molar-refractivity contribution in [3.05, 3.63) is 71.4 Å². The normalized spacial score (nSPS) is 11.0. The highest BCUT2D eigenvalue weighted by Crippen LogP contribution is 2.28. The zero-order valence-electron chi connectivity index (χ0n) is 16.8. The number of aliphatic hydroxyl groups excluding tert-OH is 1. The van der Waals surface area contributed by atoms with E-state index >= 15 is 0 Å². The SMILES string of the molecule is CCc1cccc(-c2nc(C)c3ccc(-c4ccc(OC)c(CO)c4)nc3n2)c1. The maximum Gasteiger partial charge on any atom is 0.164 e. The zero-order chi connectivity index (χ0) is 20.4. The summed E-state index contributed by atoms with van der Waals surface area (Å²) >= 11 is 0. The molecule has 0 amide bonds. The van der Waals surface area contributed by atoms with Crippen molar-refractivity contribution in [3.8, 4) is 28.4 Å². The molecule has 0 atom stereocenters. The number of fused-ring (bicyclic) bond motifs is 1. The summed E-state index contributed by atoms with van der Waals surface area (Å²) in [5.41, 5.74) is 6.23. The molecule has 4 rings (SSSR count). The van der Waals surface area contributed by atoms with Gasteiger partial charge in [-0.25, -0.2) is 15.0 Å². The average Bonchev–Trinajstić information content (AvgIpc) is 2.78. The van der Waals surface area contributed by atoms with E-state index in [1.807, 2.05) is 49.4 Å². The Morgan fingerprint density at radius 3 is 2.55 bits per heavy atom. The van der Waals surface area contributed by atoms with Crippen molar-refractivity contribution in [2.75, 3.05) is 7.11 Å². The lowest BCUT2D eigenvalue weighted by Gasteiger charge is -2.10. The van der Waals surface area contributed by atoms with Gasteiger partial charge in [0.1, 0.15) is 5.75 Å². The lowest BCUT2D eigenvalue weighted by molar-refractivity contribution is 0.274. The number of hydrogen-bond acceptors (Lipinski definition) is 5. The van der Waals surface area contributed by atoms with Crippen LogP contribution in [0.15, 0.2) is 54.6 Å². The van der Waals surface area contributed by atoms with Gasteiger partial charge >= 0.3 is 0 Å². The molecule has 146 valence electrons. The monoisotopic (exact) mass is 385 g/mol. The number of aryl methyl sites for hydroxylation is 2. The second-order valence-electron chi connectivity index (χ2n) is 6.94. The fraction of sp³-hybridized carbons (Fsp3) is 0.208. The number of nitrogens with zero attached hydrogens (tertiary/aromatic N) is 3. The molecule has 0 aliphatic carbocycles. The van der Waals surface area contributed by atoms with Gasteiger partial charge in [-0.1, -0.05) is 25.1 Å². The number of aromatic nitrogens is 3. The molecular formula is C24H23N3O2. The summed E-state index contributed by atoms with van der Waals surface area (Å²) in [7, 11) is 1.59. The Labute approximate surface area is 170 Å². The first kappa shape index (κ1) is 19.0. The molecule has 2 aromatic heterocycles. The molecule has 29 heavy (non-hydrogen) atoms. The maximum absolute atomic E-state index is 9.61. The Bertz CT molecular complexity index is 1190. The number of aliphatic hydroxyl groups is 1. The summed E-state index contributed by atoms with van der Waals surface area (Å²) in [5, 5.41) is 10.5. The van der Waals surface area contributed by atoms with E-state index in [9.17, 15) is 5.11 Å². The van der Waals surface area contributed by atoms with E-state index in [1.54, 1.807) is 7.11 Å². The Balaban J connectivity index is 1.83. The van der Waals surface area contributed by atoms with Gasteiger partial charge in [0, 0.05) is 22.1 Å². The molecule has 0 aliphatic heterocycles. The third-order valence-electron chi connectivity index (χ3n) is 5.09. The number of benzene rings is 2. The number of rotatable bonds is 5. The summed E-state index contributed by atoms with van der Waals surface area (Å²) < 4.78 is 5.30. The average molecular weight is 385 g/mol. The van der Waals surface area contributed by atoms with Gasteiger partial charge < -0.3 is 9.84 Å². The van der Waals surface area contributed by atoms with E-state index in [2.05, 4.69) is 19.1 Å². The van der Waals surface area contributed by atoms with Gasteiger partial charge in [-0.3, -0.25) is 0 Å². The molecule has 4 aromatic rings. The van der Waals surface area contributed by atoms with Crippen molar-refractivity contribution in [3.63, 3.8) is 0 Å². The van der Waals surface area contributed by atoms with Gasteiger partial charge in [-0.15, -0.1) is 0 Å². The van der Waals surface area contributed by atoms with Gasteiger partial charge in [0.05, 0.1) is 25.1 Å². The minimum atomic E-state index is -0.0935. The number of ether oxygens (including phenoxy) is 1. The van der Waals surface area contributed by atoms with Gasteiger partial charge in [-0.05, 0) is 55.3 Å². The molecule has 1 N–H and O–H groups in total. The highest BCUT2D eigenvalue weighted by molar-refractivity contribution is 5.82. The minimum absolute atomic E-state index is 0.0935. The van der Waals surface area contributed by atoms with Crippen molar-refractivity contribution in [2.24, 2.45) is 0 Å². The number of methoxy groups -OCH3 is 1. The third-order valence-corrected chi connectivity index (χ3v) is 5.09. The largest absolute Gasteiger partial charge is 0.496 e. The standard InChI is InChI=1S/C24H23N3O2/c1-4-16-6-5-7-18(12-16)23-25-15(2)20-9-10-21(26-24(20)27-23)17-8-11-22(29-3)19(13-17)14-28/h5-13,28H,4,14H2,1-3H3. The van der Waals surface area contributed by atoms with Gasteiger partial charge in [0.2, 0.25) is 0 Å². The molecule has 2 aromatic carbocycles. The van der Waals surface area contributed by atoms with Crippen LogP contribution in [0.3, 0.4) is 0 Å². The summed E-state index contributed by atoms with van der Waals surface area (Å²) in [6, 6.07) is 17.9. The molecule has 5 nitrogen and oxygen atoms in total. The topological polar surface area (TPSA) is 68.1 Å². The first-order valence-electron chi connectivity index (χ1n) is 9.65. The van der Waals surface area contributed by atoms with Crippen LogP contribution in [0.5, 0.6) is 5.75 Å². The van der Waals surface area contributed by atoms with Crippen LogP contribution in [0.25, 0.3) is 33.7 Å². The predicted molar refractivity (Wildman–Crippen MR) is 115 cm³/mol. The number of pyridine rings is 1. The zero-order valence-corrected chi connectivity index (χ0v) is 16.8. The van der Waals surface area contributed by atoms with Crippen LogP contribution < -0.4 is 4.74 Å². The van der Waals surface area contributed by atoms with E-state index < -0.39 is 0 Å². The van der Waals surface area contributed by atoms with Gasteiger partial charge in [-0.2, -0.15) is 0 Å². The first-order chi connectivity index (χ1) is 14.1. The Morgan fingerprint density at radius 1 is 0.931 bits per heavy atom. The maximum atomic E-state index is 9.61. The summed E-state index contributed by atoms with van der Waals surface area (Å²) in [4.78, 5) is 14.2. The molecule has 5 heteroatoms. The molecule has 0 bridgehead atoms. The third kappa shape index (κ3) is 3.69. The molecule has 0 spiro atoms. The molecule has 0 unspecified atom stereocenters. The van der Waals surface area contributed by atoms with Crippen molar-refractivity contribution in [2.45, 2.75) is 26.9 Å². The van der Waals surface area contributed by atoms with Crippen LogP contribution in [-0.4, -0.2) is 27.2 Å². The predicted octanol–water partition coefficient (Wildman–Crippen LogP) is 4.73. The van der Waals surface area contributed by atoms with Crippen LogP contribution in [-0.2, 0) is 13.0 Å². The fourth-order valence-electron chi connectivity index (χ4n) is 3.44. The fourth-order valence-corrected chi connectivity index (χ4v) is 3.44. The minimum Gasteiger partial charge on any atom is -0.496 e.